The largest absolute Gasteiger partial charge is 0.298 e. The minimum Gasteiger partial charge on any atom is -0.298 e. The molecule has 0 N–H and O–H groups in total. The van der Waals surface area contributed by atoms with Crippen molar-refractivity contribution in [1.29, 1.82) is 0 Å². The van der Waals surface area contributed by atoms with E-state index in [1.54, 1.807) is 12.1 Å². The van der Waals surface area contributed by atoms with Gasteiger partial charge >= 0.3 is 0 Å². The first-order valence-corrected chi connectivity index (χ1v) is 6.43. The SMILES string of the molecule is CC(C)(C)N1CCC(C(=O)c2cccc(F)c2)C1. The van der Waals surface area contributed by atoms with Crippen molar-refractivity contribution < 1.29 is 9.18 Å². The van der Waals surface area contributed by atoms with E-state index >= 15 is 0 Å². The van der Waals surface area contributed by atoms with E-state index in [-0.39, 0.29) is 23.1 Å². The van der Waals surface area contributed by atoms with Crippen LogP contribution in [-0.4, -0.2) is 29.3 Å². The van der Waals surface area contributed by atoms with Crippen LogP contribution in [0.4, 0.5) is 4.39 Å². The van der Waals surface area contributed by atoms with Gasteiger partial charge in [-0.2, -0.15) is 0 Å². The summed E-state index contributed by atoms with van der Waals surface area (Å²) in [5.74, 6) is -0.265. The van der Waals surface area contributed by atoms with Crippen LogP contribution in [0.1, 0.15) is 37.6 Å². The number of Topliss-reactive ketones (excluding diaryl/α,β-unsaturated/α-hetero) is 1. The van der Waals surface area contributed by atoms with Crippen LogP contribution < -0.4 is 0 Å². The Labute approximate surface area is 108 Å². The first kappa shape index (κ1) is 13.2. The number of benzene rings is 1. The molecule has 1 aromatic carbocycles. The highest BCUT2D eigenvalue weighted by molar-refractivity contribution is 5.98. The first-order chi connectivity index (χ1) is 8.38. The van der Waals surface area contributed by atoms with Crippen LogP contribution in [0.25, 0.3) is 0 Å². The van der Waals surface area contributed by atoms with Gasteiger partial charge < -0.3 is 0 Å². The maximum Gasteiger partial charge on any atom is 0.167 e. The topological polar surface area (TPSA) is 20.3 Å². The Morgan fingerprint density at radius 2 is 2.11 bits per heavy atom. The van der Waals surface area contributed by atoms with Gasteiger partial charge in [0.25, 0.3) is 0 Å². The first-order valence-electron chi connectivity index (χ1n) is 6.43. The molecule has 2 rings (SSSR count). The number of carbonyl (C=O) groups excluding carboxylic acids is 1. The summed E-state index contributed by atoms with van der Waals surface area (Å²) < 4.78 is 13.1. The molecule has 0 saturated carbocycles. The van der Waals surface area contributed by atoms with E-state index in [0.717, 1.165) is 19.5 Å². The summed E-state index contributed by atoms with van der Waals surface area (Å²) in [6, 6.07) is 6.00. The monoisotopic (exact) mass is 249 g/mol. The number of hydrogen-bond acceptors (Lipinski definition) is 2. The molecule has 0 aliphatic carbocycles. The molecule has 18 heavy (non-hydrogen) atoms. The van der Waals surface area contributed by atoms with E-state index in [1.165, 1.54) is 12.1 Å². The maximum absolute atomic E-state index is 13.1. The van der Waals surface area contributed by atoms with Crippen molar-refractivity contribution >= 4 is 5.78 Å². The minimum absolute atomic E-state index is 0.00558. The summed E-state index contributed by atoms with van der Waals surface area (Å²) in [7, 11) is 0. The lowest BCUT2D eigenvalue weighted by Gasteiger charge is -2.31. The van der Waals surface area contributed by atoms with Gasteiger partial charge in [0.2, 0.25) is 0 Å². The van der Waals surface area contributed by atoms with Gasteiger partial charge in [-0.1, -0.05) is 12.1 Å². The number of nitrogens with zero attached hydrogens (tertiary/aromatic N) is 1. The van der Waals surface area contributed by atoms with Gasteiger partial charge in [0.05, 0.1) is 0 Å². The number of ketones is 1. The van der Waals surface area contributed by atoms with Crippen LogP contribution in [0.15, 0.2) is 24.3 Å². The van der Waals surface area contributed by atoms with Crippen LogP contribution >= 0.6 is 0 Å². The smallest absolute Gasteiger partial charge is 0.167 e. The molecule has 2 nitrogen and oxygen atoms in total. The second-order valence-electron chi connectivity index (χ2n) is 5.98. The highest BCUT2D eigenvalue weighted by Crippen LogP contribution is 2.26. The number of halogens is 1. The lowest BCUT2D eigenvalue weighted by atomic mass is 9.96. The Bertz CT molecular complexity index is 450. The minimum atomic E-state index is -0.341. The molecule has 0 aromatic heterocycles. The molecule has 1 aliphatic rings. The predicted molar refractivity (Wildman–Crippen MR) is 70.2 cm³/mol. The molecule has 1 fully saturated rings. The van der Waals surface area contributed by atoms with Crippen LogP contribution in [0.2, 0.25) is 0 Å². The summed E-state index contributed by atoms with van der Waals surface area (Å²) in [6.07, 6.45) is 0.868. The third-order valence-corrected chi connectivity index (χ3v) is 3.62. The molecule has 1 saturated heterocycles. The van der Waals surface area contributed by atoms with Gasteiger partial charge in [-0.3, -0.25) is 9.69 Å². The fraction of sp³-hybridized carbons (Fsp3) is 0.533. The van der Waals surface area contributed by atoms with Crippen molar-refractivity contribution in [2.24, 2.45) is 5.92 Å². The van der Waals surface area contributed by atoms with Crippen LogP contribution in [0, 0.1) is 11.7 Å². The molecule has 1 atom stereocenters. The average Bonchev–Trinajstić information content (AvgIpc) is 2.77. The molecular formula is C15H20FNO. The Kier molecular flexibility index (Phi) is 3.53. The third kappa shape index (κ3) is 2.78. The molecule has 0 spiro atoms. The fourth-order valence-electron chi connectivity index (χ4n) is 2.46. The number of rotatable bonds is 2. The van der Waals surface area contributed by atoms with Crippen molar-refractivity contribution in [1.82, 2.24) is 4.90 Å². The zero-order valence-corrected chi connectivity index (χ0v) is 11.2. The molecule has 0 bridgehead atoms. The van der Waals surface area contributed by atoms with Crippen molar-refractivity contribution in [3.05, 3.63) is 35.6 Å². The average molecular weight is 249 g/mol. The Morgan fingerprint density at radius 1 is 1.39 bits per heavy atom. The van der Waals surface area contributed by atoms with Gasteiger partial charge in [-0.15, -0.1) is 0 Å². The zero-order chi connectivity index (χ0) is 13.3. The molecule has 0 radical (unpaired) electrons. The lowest BCUT2D eigenvalue weighted by Crippen LogP contribution is -2.39. The second-order valence-corrected chi connectivity index (χ2v) is 5.98. The van der Waals surface area contributed by atoms with Crippen LogP contribution in [0.3, 0.4) is 0 Å². The van der Waals surface area contributed by atoms with E-state index in [0.29, 0.717) is 5.56 Å². The van der Waals surface area contributed by atoms with E-state index < -0.39 is 0 Å². The molecule has 3 heteroatoms. The van der Waals surface area contributed by atoms with Gasteiger partial charge in [0, 0.05) is 23.6 Å². The van der Waals surface area contributed by atoms with Crippen LogP contribution in [0.5, 0.6) is 0 Å². The van der Waals surface area contributed by atoms with E-state index in [9.17, 15) is 9.18 Å². The summed E-state index contributed by atoms with van der Waals surface area (Å²) in [5.41, 5.74) is 0.590. The summed E-state index contributed by atoms with van der Waals surface area (Å²) in [5, 5.41) is 0. The zero-order valence-electron chi connectivity index (χ0n) is 11.2. The highest BCUT2D eigenvalue weighted by Gasteiger charge is 2.34. The van der Waals surface area contributed by atoms with Crippen molar-refractivity contribution in [3.63, 3.8) is 0 Å². The van der Waals surface area contributed by atoms with Crippen molar-refractivity contribution in [3.8, 4) is 0 Å². The van der Waals surface area contributed by atoms with E-state index in [4.69, 9.17) is 0 Å². The fourth-order valence-corrected chi connectivity index (χ4v) is 2.46. The molecule has 1 unspecified atom stereocenters. The van der Waals surface area contributed by atoms with E-state index in [1.807, 2.05) is 0 Å². The normalized spacial score (nSPS) is 21.2. The number of carbonyl (C=O) groups is 1. The summed E-state index contributed by atoms with van der Waals surface area (Å²) >= 11 is 0. The predicted octanol–water partition coefficient (Wildman–Crippen LogP) is 3.13. The Morgan fingerprint density at radius 3 is 2.67 bits per heavy atom. The maximum atomic E-state index is 13.1. The van der Waals surface area contributed by atoms with Gasteiger partial charge in [-0.25, -0.2) is 4.39 Å². The summed E-state index contributed by atoms with van der Waals surface area (Å²) in [6.45, 7) is 8.18. The van der Waals surface area contributed by atoms with E-state index in [2.05, 4.69) is 25.7 Å². The molecule has 1 aliphatic heterocycles. The van der Waals surface area contributed by atoms with Crippen LogP contribution in [-0.2, 0) is 0 Å². The van der Waals surface area contributed by atoms with Gasteiger partial charge in [0.1, 0.15) is 5.82 Å². The van der Waals surface area contributed by atoms with Crippen molar-refractivity contribution in [2.45, 2.75) is 32.7 Å². The lowest BCUT2D eigenvalue weighted by molar-refractivity contribution is 0.0907. The molecule has 0 amide bonds. The number of hydrogen-bond donors (Lipinski definition) is 0. The highest BCUT2D eigenvalue weighted by atomic mass is 19.1. The molecule has 98 valence electrons. The Balaban J connectivity index is 2.08. The summed E-state index contributed by atoms with van der Waals surface area (Å²) in [4.78, 5) is 14.6. The van der Waals surface area contributed by atoms with Gasteiger partial charge in [-0.05, 0) is 45.9 Å². The Hall–Kier alpha value is -1.22. The second kappa shape index (κ2) is 4.81. The standard InChI is InChI=1S/C15H20FNO/c1-15(2,3)17-8-7-12(10-17)14(18)11-5-4-6-13(16)9-11/h4-6,9,12H,7-8,10H2,1-3H3. The van der Waals surface area contributed by atoms with Crippen molar-refractivity contribution in [2.75, 3.05) is 13.1 Å². The molecular weight excluding hydrogens is 229 g/mol. The quantitative estimate of drug-likeness (QED) is 0.750. The molecule has 1 heterocycles. The third-order valence-electron chi connectivity index (χ3n) is 3.62. The molecule has 1 aromatic rings. The van der Waals surface area contributed by atoms with Gasteiger partial charge in [0.15, 0.2) is 5.78 Å². The number of likely N-dealkylation sites (tertiary alicyclic amines) is 1.